The zero-order valence-electron chi connectivity index (χ0n) is 19.2. The Kier molecular flexibility index (Phi) is 7.82. The minimum Gasteiger partial charge on any atom is -0.379 e. The van der Waals surface area contributed by atoms with Gasteiger partial charge in [0, 0.05) is 49.9 Å². The van der Waals surface area contributed by atoms with E-state index in [-0.39, 0.29) is 30.7 Å². The van der Waals surface area contributed by atoms with Gasteiger partial charge < -0.3 is 20.3 Å². The normalized spacial score (nSPS) is 18.7. The van der Waals surface area contributed by atoms with Gasteiger partial charge in [0.15, 0.2) is 0 Å². The van der Waals surface area contributed by atoms with Crippen LogP contribution in [0.15, 0.2) is 42.5 Å². The van der Waals surface area contributed by atoms with E-state index in [1.165, 1.54) is 0 Å². The minimum absolute atomic E-state index is 0.103. The molecule has 2 aliphatic heterocycles. The molecular weight excluding hydrogens is 456 g/mol. The molecule has 2 fully saturated rings. The highest BCUT2D eigenvalue weighted by molar-refractivity contribution is 6.31. The van der Waals surface area contributed by atoms with Gasteiger partial charge in [0.25, 0.3) is 5.91 Å². The highest BCUT2D eigenvalue weighted by Crippen LogP contribution is 2.32. The van der Waals surface area contributed by atoms with Gasteiger partial charge >= 0.3 is 0 Å². The van der Waals surface area contributed by atoms with Crippen molar-refractivity contribution in [2.45, 2.75) is 13.3 Å². The Morgan fingerprint density at radius 3 is 2.68 bits per heavy atom. The van der Waals surface area contributed by atoms with E-state index in [0.717, 1.165) is 25.2 Å². The maximum Gasteiger partial charge on any atom is 0.253 e. The highest BCUT2D eigenvalue weighted by Gasteiger charge is 2.36. The van der Waals surface area contributed by atoms with Crippen molar-refractivity contribution in [1.29, 1.82) is 0 Å². The van der Waals surface area contributed by atoms with Crippen LogP contribution in [0, 0.1) is 12.8 Å². The Bertz CT molecular complexity index is 1070. The molecule has 0 aromatic heterocycles. The summed E-state index contributed by atoms with van der Waals surface area (Å²) in [6.45, 7) is 6.50. The van der Waals surface area contributed by atoms with E-state index in [1.807, 2.05) is 13.0 Å². The van der Waals surface area contributed by atoms with Crippen LogP contribution in [-0.2, 0) is 14.3 Å². The molecule has 2 aromatic carbocycles. The van der Waals surface area contributed by atoms with Gasteiger partial charge in [0.2, 0.25) is 11.8 Å². The van der Waals surface area contributed by atoms with Crippen molar-refractivity contribution >= 4 is 40.7 Å². The third-order valence-electron chi connectivity index (χ3n) is 6.27. The molecule has 4 rings (SSSR count). The van der Waals surface area contributed by atoms with Gasteiger partial charge in [-0.15, -0.1) is 0 Å². The van der Waals surface area contributed by atoms with E-state index in [0.29, 0.717) is 41.7 Å². The van der Waals surface area contributed by atoms with E-state index >= 15 is 0 Å². The summed E-state index contributed by atoms with van der Waals surface area (Å²) in [5.74, 6) is -1.19. The van der Waals surface area contributed by atoms with E-state index in [2.05, 4.69) is 15.5 Å². The summed E-state index contributed by atoms with van der Waals surface area (Å²) in [6.07, 6.45) is 0.103. The Hall–Kier alpha value is -2.94. The van der Waals surface area contributed by atoms with Crippen molar-refractivity contribution < 1.29 is 19.1 Å². The number of nitrogens with one attached hydrogen (secondary N) is 2. The molecular formula is C25H29ClN4O4. The lowest BCUT2D eigenvalue weighted by Crippen LogP contribution is -2.41. The second kappa shape index (κ2) is 11.0. The summed E-state index contributed by atoms with van der Waals surface area (Å²) in [5, 5.41) is 6.36. The molecule has 9 heteroatoms. The van der Waals surface area contributed by atoms with Crippen molar-refractivity contribution in [3.63, 3.8) is 0 Å². The van der Waals surface area contributed by atoms with Crippen LogP contribution >= 0.6 is 11.6 Å². The largest absolute Gasteiger partial charge is 0.379 e. The molecule has 1 atom stereocenters. The van der Waals surface area contributed by atoms with Crippen LogP contribution in [0.5, 0.6) is 0 Å². The number of ether oxygens (including phenoxy) is 1. The molecule has 2 aromatic rings. The third kappa shape index (κ3) is 5.58. The number of para-hydroxylation sites is 1. The lowest BCUT2D eigenvalue weighted by Gasteiger charge is -2.26. The van der Waals surface area contributed by atoms with Gasteiger partial charge in [0.05, 0.1) is 30.4 Å². The number of halogens is 1. The number of benzene rings is 2. The summed E-state index contributed by atoms with van der Waals surface area (Å²) in [6, 6.07) is 12.3. The Labute approximate surface area is 204 Å². The van der Waals surface area contributed by atoms with E-state index in [9.17, 15) is 14.4 Å². The number of morpholine rings is 1. The molecule has 2 heterocycles. The van der Waals surface area contributed by atoms with E-state index in [4.69, 9.17) is 16.3 Å². The molecule has 2 N–H and O–H groups in total. The average molecular weight is 485 g/mol. The lowest BCUT2D eigenvalue weighted by molar-refractivity contribution is -0.122. The summed E-state index contributed by atoms with van der Waals surface area (Å²) in [5.41, 5.74) is 2.34. The van der Waals surface area contributed by atoms with Crippen LogP contribution < -0.4 is 15.5 Å². The van der Waals surface area contributed by atoms with Gasteiger partial charge in [-0.2, -0.15) is 0 Å². The van der Waals surface area contributed by atoms with Gasteiger partial charge in [-0.1, -0.05) is 29.8 Å². The first-order valence-corrected chi connectivity index (χ1v) is 11.9. The van der Waals surface area contributed by atoms with Crippen LogP contribution in [0.2, 0.25) is 5.02 Å². The molecule has 34 heavy (non-hydrogen) atoms. The van der Waals surface area contributed by atoms with E-state index < -0.39 is 5.92 Å². The zero-order valence-corrected chi connectivity index (χ0v) is 19.9. The molecule has 0 unspecified atom stereocenters. The Morgan fingerprint density at radius 1 is 1.12 bits per heavy atom. The number of nitrogens with zero attached hydrogens (tertiary/aromatic N) is 2. The Balaban J connectivity index is 1.37. The van der Waals surface area contributed by atoms with Crippen molar-refractivity contribution in [1.82, 2.24) is 10.2 Å². The Morgan fingerprint density at radius 2 is 1.88 bits per heavy atom. The first-order chi connectivity index (χ1) is 16.4. The summed E-state index contributed by atoms with van der Waals surface area (Å²) in [4.78, 5) is 42.3. The number of carbonyl (C=O) groups is 3. The molecule has 0 radical (unpaired) electrons. The van der Waals surface area contributed by atoms with Gasteiger partial charge in [-0.05, 0) is 36.8 Å². The first kappa shape index (κ1) is 24.2. The molecule has 0 aliphatic carbocycles. The lowest BCUT2D eigenvalue weighted by atomic mass is 10.1. The van der Waals surface area contributed by atoms with Gasteiger partial charge in [-0.3, -0.25) is 19.3 Å². The third-order valence-corrected chi connectivity index (χ3v) is 6.68. The maximum atomic E-state index is 13.0. The van der Waals surface area contributed by atoms with Crippen molar-refractivity contribution in [2.75, 3.05) is 56.2 Å². The number of amides is 3. The molecule has 0 bridgehead atoms. The SMILES string of the molecule is Cc1c(Cl)cccc1N1C[C@H](C(=O)Nc2ccccc2C(=O)NCCN2CCOCC2)CC1=O. The topological polar surface area (TPSA) is 91.0 Å². The molecule has 3 amide bonds. The van der Waals surface area contributed by atoms with Crippen molar-refractivity contribution in [3.8, 4) is 0 Å². The average Bonchev–Trinajstić information content (AvgIpc) is 3.23. The monoisotopic (exact) mass is 484 g/mol. The molecule has 2 saturated heterocycles. The van der Waals surface area contributed by atoms with Gasteiger partial charge in [0.1, 0.15) is 0 Å². The summed E-state index contributed by atoms with van der Waals surface area (Å²) in [7, 11) is 0. The number of rotatable bonds is 7. The van der Waals surface area contributed by atoms with Crippen LogP contribution in [0.1, 0.15) is 22.3 Å². The van der Waals surface area contributed by atoms with Gasteiger partial charge in [-0.25, -0.2) is 0 Å². The molecule has 0 spiro atoms. The second-order valence-electron chi connectivity index (χ2n) is 8.53. The number of carbonyl (C=O) groups excluding carboxylic acids is 3. The number of hydrogen-bond acceptors (Lipinski definition) is 5. The first-order valence-electron chi connectivity index (χ1n) is 11.5. The fourth-order valence-electron chi connectivity index (χ4n) is 4.28. The number of anilines is 2. The van der Waals surface area contributed by atoms with E-state index in [1.54, 1.807) is 41.3 Å². The predicted molar refractivity (Wildman–Crippen MR) is 131 cm³/mol. The molecule has 2 aliphatic rings. The quantitative estimate of drug-likeness (QED) is 0.630. The fraction of sp³-hybridized carbons (Fsp3) is 0.400. The van der Waals surface area contributed by atoms with Crippen LogP contribution in [0.25, 0.3) is 0 Å². The predicted octanol–water partition coefficient (Wildman–Crippen LogP) is 2.70. The molecule has 180 valence electrons. The fourth-order valence-corrected chi connectivity index (χ4v) is 4.45. The summed E-state index contributed by atoms with van der Waals surface area (Å²) >= 11 is 6.21. The van der Waals surface area contributed by atoms with Crippen LogP contribution in [0.4, 0.5) is 11.4 Å². The summed E-state index contributed by atoms with van der Waals surface area (Å²) < 4.78 is 5.34. The van der Waals surface area contributed by atoms with Crippen molar-refractivity contribution in [2.24, 2.45) is 5.92 Å². The second-order valence-corrected chi connectivity index (χ2v) is 8.94. The van der Waals surface area contributed by atoms with Crippen LogP contribution in [-0.4, -0.2) is 68.6 Å². The standard InChI is InChI=1S/C25H29ClN4O4/c1-17-20(26)6-4-8-22(17)30-16-18(15-23(30)31)24(32)28-21-7-3-2-5-19(21)25(33)27-9-10-29-11-13-34-14-12-29/h2-8,18H,9-16H2,1H3,(H,27,33)(H,28,32)/t18-/m1/s1. The van der Waals surface area contributed by atoms with Crippen molar-refractivity contribution in [3.05, 3.63) is 58.6 Å². The zero-order chi connectivity index (χ0) is 24.1. The number of hydrogen-bond donors (Lipinski definition) is 2. The minimum atomic E-state index is -0.525. The highest BCUT2D eigenvalue weighted by atomic mass is 35.5. The molecule has 8 nitrogen and oxygen atoms in total. The molecule has 0 saturated carbocycles. The van der Waals surface area contributed by atoms with Crippen LogP contribution in [0.3, 0.4) is 0 Å². The smallest absolute Gasteiger partial charge is 0.253 e. The maximum absolute atomic E-state index is 13.0.